The Bertz CT molecular complexity index is 1590. The maximum Gasteiger partial charge on any atom is 0.262 e. The van der Waals surface area contributed by atoms with E-state index in [1.807, 2.05) is 0 Å². The first-order valence-corrected chi connectivity index (χ1v) is 13.6. The van der Waals surface area contributed by atoms with Crippen LogP contribution in [0.5, 0.6) is 0 Å². The van der Waals surface area contributed by atoms with Crippen LogP contribution in [-0.2, 0) is 9.59 Å². The zero-order valence-corrected chi connectivity index (χ0v) is 22.4. The molecule has 3 aliphatic rings. The molecule has 3 aromatic carbocycles. The van der Waals surface area contributed by atoms with E-state index in [9.17, 15) is 32.8 Å². The monoisotopic (exact) mass is 572 g/mol. The van der Waals surface area contributed by atoms with Crippen LogP contribution >= 0.6 is 0 Å². The third-order valence-corrected chi connectivity index (χ3v) is 7.98. The summed E-state index contributed by atoms with van der Waals surface area (Å²) < 4.78 is 28.3. The van der Waals surface area contributed by atoms with Gasteiger partial charge in [-0.3, -0.25) is 39.1 Å². The molecule has 3 aliphatic heterocycles. The predicted octanol–water partition coefficient (Wildman–Crippen LogP) is 2.91. The lowest BCUT2D eigenvalue weighted by Crippen LogP contribution is -2.54. The van der Waals surface area contributed by atoms with Gasteiger partial charge in [0.2, 0.25) is 11.8 Å². The van der Waals surface area contributed by atoms with E-state index in [4.69, 9.17) is 0 Å². The average molecular weight is 573 g/mol. The van der Waals surface area contributed by atoms with Gasteiger partial charge in [0.15, 0.2) is 0 Å². The molecule has 0 bridgehead atoms. The van der Waals surface area contributed by atoms with Gasteiger partial charge in [-0.15, -0.1) is 0 Å². The second kappa shape index (κ2) is 10.9. The molecular formula is C31H26F2N4O5. The number of piperidine rings is 1. The van der Waals surface area contributed by atoms with Crippen molar-refractivity contribution in [2.24, 2.45) is 0 Å². The van der Waals surface area contributed by atoms with Gasteiger partial charge >= 0.3 is 0 Å². The second-order valence-corrected chi connectivity index (χ2v) is 10.5. The smallest absolute Gasteiger partial charge is 0.262 e. The van der Waals surface area contributed by atoms with Gasteiger partial charge < -0.3 is 4.90 Å². The van der Waals surface area contributed by atoms with Crippen LogP contribution in [0.15, 0.2) is 66.7 Å². The van der Waals surface area contributed by atoms with Crippen molar-refractivity contribution in [3.63, 3.8) is 0 Å². The molecule has 0 radical (unpaired) electrons. The molecule has 0 aliphatic carbocycles. The molecule has 0 aromatic heterocycles. The van der Waals surface area contributed by atoms with Crippen molar-refractivity contribution < 1.29 is 32.8 Å². The second-order valence-electron chi connectivity index (χ2n) is 10.5. The van der Waals surface area contributed by atoms with E-state index in [0.717, 1.165) is 4.90 Å². The maximum absolute atomic E-state index is 14.1. The molecule has 0 saturated carbocycles. The highest BCUT2D eigenvalue weighted by Crippen LogP contribution is 2.32. The number of benzene rings is 3. The number of nitrogens with one attached hydrogen (secondary N) is 1. The quantitative estimate of drug-likeness (QED) is 0.472. The van der Waals surface area contributed by atoms with Crippen LogP contribution in [0.25, 0.3) is 0 Å². The molecule has 5 amide bonds. The molecule has 3 aromatic rings. The Morgan fingerprint density at radius 2 is 1.40 bits per heavy atom. The number of amides is 5. The number of rotatable bonds is 5. The summed E-state index contributed by atoms with van der Waals surface area (Å²) in [5.74, 6) is -3.61. The molecule has 3 heterocycles. The van der Waals surface area contributed by atoms with E-state index >= 15 is 0 Å². The van der Waals surface area contributed by atoms with Gasteiger partial charge in [0.25, 0.3) is 17.7 Å². The Morgan fingerprint density at radius 3 is 2.00 bits per heavy atom. The van der Waals surface area contributed by atoms with Crippen LogP contribution in [0.2, 0.25) is 0 Å². The molecule has 11 heteroatoms. The van der Waals surface area contributed by atoms with Crippen molar-refractivity contribution in [1.82, 2.24) is 20.0 Å². The van der Waals surface area contributed by atoms with Crippen molar-refractivity contribution in [2.45, 2.75) is 24.9 Å². The van der Waals surface area contributed by atoms with E-state index in [1.165, 1.54) is 42.5 Å². The summed E-state index contributed by atoms with van der Waals surface area (Å²) in [7, 11) is 0. The van der Waals surface area contributed by atoms with E-state index in [1.54, 1.807) is 29.2 Å². The number of imide groups is 2. The summed E-state index contributed by atoms with van der Waals surface area (Å²) >= 11 is 0. The molecule has 214 valence electrons. The summed E-state index contributed by atoms with van der Waals surface area (Å²) in [5, 5.41) is 2.16. The largest absolute Gasteiger partial charge is 0.336 e. The SMILES string of the molecule is O=C1CCC(N2C(=O)c3ccc(C(=O)N4CCN(C(c5cccc(F)c5)c5cccc(F)c5)CC4)cc3C2=O)C(=O)N1. The molecule has 9 nitrogen and oxygen atoms in total. The van der Waals surface area contributed by atoms with Crippen LogP contribution in [0.1, 0.15) is 61.1 Å². The fourth-order valence-electron chi connectivity index (χ4n) is 5.94. The first-order valence-electron chi connectivity index (χ1n) is 13.6. The lowest BCUT2D eigenvalue weighted by Gasteiger charge is -2.39. The number of hydrogen-bond acceptors (Lipinski definition) is 6. The molecule has 2 fully saturated rings. The number of halogens is 2. The molecule has 0 spiro atoms. The molecule has 2 saturated heterocycles. The van der Waals surface area contributed by atoms with Crippen LogP contribution in [0.4, 0.5) is 8.78 Å². The summed E-state index contributed by atoms with van der Waals surface area (Å²) in [4.78, 5) is 68.0. The summed E-state index contributed by atoms with van der Waals surface area (Å²) in [5.41, 5.74) is 1.69. The topological polar surface area (TPSA) is 107 Å². The summed E-state index contributed by atoms with van der Waals surface area (Å²) in [6, 6.07) is 15.1. The van der Waals surface area contributed by atoms with Gasteiger partial charge in [0, 0.05) is 38.2 Å². The zero-order chi connectivity index (χ0) is 29.5. The third kappa shape index (κ3) is 4.96. The summed E-state index contributed by atoms with van der Waals surface area (Å²) in [6.45, 7) is 1.50. The van der Waals surface area contributed by atoms with Gasteiger partial charge in [0.05, 0.1) is 17.2 Å². The van der Waals surface area contributed by atoms with Crippen molar-refractivity contribution in [3.8, 4) is 0 Å². The van der Waals surface area contributed by atoms with Crippen LogP contribution in [0.3, 0.4) is 0 Å². The third-order valence-electron chi connectivity index (χ3n) is 7.98. The van der Waals surface area contributed by atoms with Crippen molar-refractivity contribution >= 4 is 29.5 Å². The lowest BCUT2D eigenvalue weighted by molar-refractivity contribution is -0.136. The van der Waals surface area contributed by atoms with Crippen molar-refractivity contribution in [1.29, 1.82) is 0 Å². The highest BCUT2D eigenvalue weighted by atomic mass is 19.1. The number of nitrogens with zero attached hydrogens (tertiary/aromatic N) is 3. The Kier molecular flexibility index (Phi) is 7.11. The van der Waals surface area contributed by atoms with Gasteiger partial charge in [-0.05, 0) is 60.0 Å². The number of hydrogen-bond donors (Lipinski definition) is 1. The van der Waals surface area contributed by atoms with Crippen LogP contribution in [0, 0.1) is 11.6 Å². The van der Waals surface area contributed by atoms with Gasteiger partial charge in [0.1, 0.15) is 17.7 Å². The Labute approximate surface area is 239 Å². The molecule has 1 N–H and O–H groups in total. The zero-order valence-electron chi connectivity index (χ0n) is 22.4. The average Bonchev–Trinajstić information content (AvgIpc) is 3.22. The van der Waals surface area contributed by atoms with E-state index < -0.39 is 47.3 Å². The van der Waals surface area contributed by atoms with E-state index in [-0.39, 0.29) is 35.4 Å². The van der Waals surface area contributed by atoms with Gasteiger partial charge in [-0.25, -0.2) is 8.78 Å². The fourth-order valence-corrected chi connectivity index (χ4v) is 5.94. The Balaban J connectivity index is 1.18. The van der Waals surface area contributed by atoms with Crippen molar-refractivity contribution in [3.05, 3.63) is 106 Å². The normalized spacial score (nSPS) is 19.4. The minimum Gasteiger partial charge on any atom is -0.336 e. The van der Waals surface area contributed by atoms with Crippen LogP contribution < -0.4 is 5.32 Å². The number of piperazine rings is 1. The Morgan fingerprint density at radius 1 is 0.786 bits per heavy atom. The number of carbonyl (C=O) groups excluding carboxylic acids is 5. The molecule has 1 unspecified atom stereocenters. The van der Waals surface area contributed by atoms with E-state index in [0.29, 0.717) is 37.3 Å². The fraction of sp³-hybridized carbons (Fsp3) is 0.258. The van der Waals surface area contributed by atoms with Crippen LogP contribution in [-0.4, -0.2) is 76.5 Å². The highest BCUT2D eigenvalue weighted by molar-refractivity contribution is 6.24. The number of carbonyl (C=O) groups is 5. The van der Waals surface area contributed by atoms with E-state index in [2.05, 4.69) is 10.2 Å². The minimum atomic E-state index is -1.09. The van der Waals surface area contributed by atoms with Crippen molar-refractivity contribution in [2.75, 3.05) is 26.2 Å². The first kappa shape index (κ1) is 27.4. The lowest BCUT2D eigenvalue weighted by atomic mass is 9.96. The standard InChI is InChI=1S/C31H26F2N4O5/c32-21-5-1-3-18(15-21)27(19-4-2-6-22(33)16-19)35-11-13-36(14-12-35)29(40)20-7-8-23-24(17-20)31(42)37(30(23)41)25-9-10-26(38)34-28(25)39/h1-8,15-17,25,27H,9-14H2,(H,34,38,39). The molecule has 1 atom stereocenters. The predicted molar refractivity (Wildman–Crippen MR) is 145 cm³/mol. The highest BCUT2D eigenvalue weighted by Gasteiger charge is 2.45. The summed E-state index contributed by atoms with van der Waals surface area (Å²) in [6.07, 6.45) is 0.0528. The Hall–Kier alpha value is -4.77. The van der Waals surface area contributed by atoms with Gasteiger partial charge in [-0.2, -0.15) is 0 Å². The molecular weight excluding hydrogens is 546 g/mol. The maximum atomic E-state index is 14.1. The first-order chi connectivity index (χ1) is 20.2. The van der Waals surface area contributed by atoms with Gasteiger partial charge in [-0.1, -0.05) is 24.3 Å². The molecule has 42 heavy (non-hydrogen) atoms. The molecule has 6 rings (SSSR count). The number of fused-ring (bicyclic) bond motifs is 1. The minimum absolute atomic E-state index is 0.0127.